The van der Waals surface area contributed by atoms with Crippen molar-refractivity contribution in [1.29, 1.82) is 0 Å². The maximum atomic E-state index is 3.89. The summed E-state index contributed by atoms with van der Waals surface area (Å²) in [6.07, 6.45) is 1.24. The minimum atomic E-state index is 0.369. The van der Waals surface area contributed by atoms with Crippen molar-refractivity contribution < 1.29 is 0 Å². The fourth-order valence-corrected chi connectivity index (χ4v) is 2.11. The van der Waals surface area contributed by atoms with Gasteiger partial charge in [0.1, 0.15) is 0 Å². The van der Waals surface area contributed by atoms with Gasteiger partial charge in [0.25, 0.3) is 0 Å². The fourth-order valence-electron chi connectivity index (χ4n) is 2.11. The van der Waals surface area contributed by atoms with Crippen LogP contribution >= 0.6 is 0 Å². The van der Waals surface area contributed by atoms with E-state index in [1.807, 2.05) is 0 Å². The highest BCUT2D eigenvalue weighted by atomic mass is 14.9. The van der Waals surface area contributed by atoms with Gasteiger partial charge in [-0.3, -0.25) is 0 Å². The molecule has 84 valence electrons. The monoisotopic (exact) mass is 197 g/mol. The van der Waals surface area contributed by atoms with Gasteiger partial charge in [0.15, 0.2) is 0 Å². The summed E-state index contributed by atoms with van der Waals surface area (Å²) in [4.78, 5) is 0. The summed E-state index contributed by atoms with van der Waals surface area (Å²) in [5.74, 6) is 0. The molecule has 0 aromatic rings. The van der Waals surface area contributed by atoms with E-state index in [9.17, 15) is 0 Å². The molecular weight excluding hydrogens is 170 g/mol. The normalized spacial score (nSPS) is 13.0. The predicted octanol–water partition coefficient (Wildman–Crippen LogP) is 3.61. The quantitative estimate of drug-likeness (QED) is 0.664. The van der Waals surface area contributed by atoms with Crippen LogP contribution < -0.4 is 5.32 Å². The van der Waals surface area contributed by atoms with E-state index >= 15 is 0 Å². The van der Waals surface area contributed by atoms with E-state index in [1.54, 1.807) is 0 Å². The van der Waals surface area contributed by atoms with Crippen molar-refractivity contribution in [3.05, 3.63) is 12.2 Å². The average molecular weight is 197 g/mol. The van der Waals surface area contributed by atoms with Gasteiger partial charge in [0.05, 0.1) is 0 Å². The molecule has 0 atom stereocenters. The highest BCUT2D eigenvalue weighted by molar-refractivity contribution is 4.91. The molecule has 0 heterocycles. The molecule has 0 bridgehead atoms. The van der Waals surface area contributed by atoms with Crippen molar-refractivity contribution in [2.45, 2.75) is 48.0 Å². The Labute approximate surface area is 90.0 Å². The molecule has 0 amide bonds. The van der Waals surface area contributed by atoms with Crippen LogP contribution in [-0.2, 0) is 0 Å². The van der Waals surface area contributed by atoms with Crippen LogP contribution in [0.25, 0.3) is 0 Å². The Morgan fingerprint density at radius 3 is 2.00 bits per heavy atom. The standard InChI is InChI=1S/C13H27N/c1-11(2)8-14-10-13(6,7)9-12(3,4)5/h14H,1,8-10H2,2-7H3. The minimum Gasteiger partial charge on any atom is -0.312 e. The first-order valence-electron chi connectivity index (χ1n) is 5.47. The lowest BCUT2D eigenvalue weighted by atomic mass is 9.76. The Balaban J connectivity index is 3.89. The highest BCUT2D eigenvalue weighted by Gasteiger charge is 2.24. The van der Waals surface area contributed by atoms with Gasteiger partial charge in [-0.2, -0.15) is 0 Å². The number of hydrogen-bond donors (Lipinski definition) is 1. The van der Waals surface area contributed by atoms with E-state index in [0.717, 1.165) is 13.1 Å². The van der Waals surface area contributed by atoms with E-state index in [2.05, 4.69) is 53.4 Å². The van der Waals surface area contributed by atoms with Gasteiger partial charge >= 0.3 is 0 Å². The van der Waals surface area contributed by atoms with Crippen molar-refractivity contribution in [3.63, 3.8) is 0 Å². The Morgan fingerprint density at radius 2 is 1.64 bits per heavy atom. The molecule has 0 rings (SSSR count). The highest BCUT2D eigenvalue weighted by Crippen LogP contribution is 2.32. The van der Waals surface area contributed by atoms with Crippen LogP contribution in [0.15, 0.2) is 12.2 Å². The Morgan fingerprint density at radius 1 is 1.14 bits per heavy atom. The Hall–Kier alpha value is -0.300. The summed E-state index contributed by atoms with van der Waals surface area (Å²) < 4.78 is 0. The molecule has 0 spiro atoms. The summed E-state index contributed by atoms with van der Waals surface area (Å²) in [6.45, 7) is 19.5. The third kappa shape index (κ3) is 8.31. The molecular formula is C13H27N. The van der Waals surface area contributed by atoms with Crippen LogP contribution in [0, 0.1) is 10.8 Å². The lowest BCUT2D eigenvalue weighted by molar-refractivity contribution is 0.208. The van der Waals surface area contributed by atoms with Crippen LogP contribution in [0.1, 0.15) is 48.0 Å². The van der Waals surface area contributed by atoms with Crippen LogP contribution in [0.2, 0.25) is 0 Å². The van der Waals surface area contributed by atoms with Gasteiger partial charge < -0.3 is 5.32 Å². The molecule has 0 aliphatic carbocycles. The van der Waals surface area contributed by atoms with E-state index in [1.165, 1.54) is 12.0 Å². The maximum absolute atomic E-state index is 3.89. The molecule has 0 fully saturated rings. The van der Waals surface area contributed by atoms with Crippen LogP contribution in [0.5, 0.6) is 0 Å². The zero-order valence-corrected chi connectivity index (χ0v) is 10.8. The topological polar surface area (TPSA) is 12.0 Å². The maximum Gasteiger partial charge on any atom is 0.0159 e. The third-order valence-corrected chi connectivity index (χ3v) is 2.04. The molecule has 0 aliphatic heterocycles. The van der Waals surface area contributed by atoms with Crippen LogP contribution in [0.4, 0.5) is 0 Å². The van der Waals surface area contributed by atoms with Crippen molar-refractivity contribution in [1.82, 2.24) is 5.32 Å². The molecule has 1 N–H and O–H groups in total. The van der Waals surface area contributed by atoms with E-state index in [-0.39, 0.29) is 0 Å². The summed E-state index contributed by atoms with van der Waals surface area (Å²) in [7, 11) is 0. The Bertz CT molecular complexity index is 184. The summed E-state index contributed by atoms with van der Waals surface area (Å²) in [5, 5.41) is 3.45. The van der Waals surface area contributed by atoms with Crippen LogP contribution in [0.3, 0.4) is 0 Å². The average Bonchev–Trinajstić information content (AvgIpc) is 1.78. The number of nitrogens with one attached hydrogen (secondary N) is 1. The lowest BCUT2D eigenvalue weighted by Gasteiger charge is -2.32. The molecule has 0 aromatic heterocycles. The molecule has 1 nitrogen and oxygen atoms in total. The second kappa shape index (κ2) is 4.97. The van der Waals surface area contributed by atoms with Gasteiger partial charge in [-0.05, 0) is 24.2 Å². The van der Waals surface area contributed by atoms with Crippen molar-refractivity contribution in [2.75, 3.05) is 13.1 Å². The molecule has 0 saturated carbocycles. The molecule has 14 heavy (non-hydrogen) atoms. The van der Waals surface area contributed by atoms with Gasteiger partial charge in [0.2, 0.25) is 0 Å². The Kier molecular flexibility index (Phi) is 4.87. The molecule has 0 aliphatic rings. The van der Waals surface area contributed by atoms with Gasteiger partial charge in [0, 0.05) is 13.1 Å². The second-order valence-corrected chi connectivity index (χ2v) is 6.46. The minimum absolute atomic E-state index is 0.369. The molecule has 0 unspecified atom stereocenters. The smallest absolute Gasteiger partial charge is 0.0159 e. The first kappa shape index (κ1) is 13.7. The first-order chi connectivity index (χ1) is 6.12. The van der Waals surface area contributed by atoms with E-state index in [0.29, 0.717) is 10.8 Å². The fraction of sp³-hybridized carbons (Fsp3) is 0.846. The van der Waals surface area contributed by atoms with Crippen molar-refractivity contribution in [3.8, 4) is 0 Å². The number of hydrogen-bond acceptors (Lipinski definition) is 1. The van der Waals surface area contributed by atoms with Gasteiger partial charge in [-0.15, -0.1) is 0 Å². The zero-order valence-electron chi connectivity index (χ0n) is 10.8. The van der Waals surface area contributed by atoms with Crippen molar-refractivity contribution in [2.24, 2.45) is 10.8 Å². The van der Waals surface area contributed by atoms with Crippen molar-refractivity contribution >= 4 is 0 Å². The second-order valence-electron chi connectivity index (χ2n) is 6.46. The number of rotatable bonds is 5. The summed E-state index contributed by atoms with van der Waals surface area (Å²) in [5.41, 5.74) is 1.99. The zero-order chi connectivity index (χ0) is 11.4. The van der Waals surface area contributed by atoms with Gasteiger partial charge in [-0.1, -0.05) is 46.8 Å². The molecule has 0 radical (unpaired) electrons. The molecule has 0 saturated heterocycles. The largest absolute Gasteiger partial charge is 0.312 e. The lowest BCUT2D eigenvalue weighted by Crippen LogP contribution is -2.33. The first-order valence-corrected chi connectivity index (χ1v) is 5.47. The van der Waals surface area contributed by atoms with E-state index < -0.39 is 0 Å². The SMILES string of the molecule is C=C(C)CNCC(C)(C)CC(C)(C)C. The van der Waals surface area contributed by atoms with Crippen LogP contribution in [-0.4, -0.2) is 13.1 Å². The van der Waals surface area contributed by atoms with Gasteiger partial charge in [-0.25, -0.2) is 0 Å². The molecule has 0 aromatic carbocycles. The van der Waals surface area contributed by atoms with E-state index in [4.69, 9.17) is 0 Å². The third-order valence-electron chi connectivity index (χ3n) is 2.04. The summed E-state index contributed by atoms with van der Waals surface area (Å²) >= 11 is 0. The molecule has 1 heteroatoms. The summed E-state index contributed by atoms with van der Waals surface area (Å²) in [6, 6.07) is 0. The predicted molar refractivity (Wildman–Crippen MR) is 65.5 cm³/mol.